The van der Waals surface area contributed by atoms with E-state index < -0.39 is 10.9 Å². The number of nitro groups is 1. The van der Waals surface area contributed by atoms with Crippen molar-refractivity contribution in [3.05, 3.63) is 73.2 Å². The Labute approximate surface area is 135 Å². The standard InChI is InChI=1S/C15H9Cl2NO4/c16-12-2-1-3-13(17)11(12)7-6-9-4-5-10(15(19)20)8-14(9)18(21)22/h1-8H,(H,19,20)/b7-6+. The summed E-state index contributed by atoms with van der Waals surface area (Å²) < 4.78 is 0. The zero-order valence-electron chi connectivity index (χ0n) is 11.0. The van der Waals surface area contributed by atoms with Crippen LogP contribution in [0.3, 0.4) is 0 Å². The summed E-state index contributed by atoms with van der Waals surface area (Å²) in [5.41, 5.74) is 0.326. The first-order valence-corrected chi connectivity index (χ1v) is 6.79. The molecule has 5 nitrogen and oxygen atoms in total. The molecule has 2 rings (SSSR count). The summed E-state index contributed by atoms with van der Waals surface area (Å²) in [6.45, 7) is 0. The zero-order valence-corrected chi connectivity index (χ0v) is 12.5. The molecule has 2 aromatic carbocycles. The number of hydrogen-bond donors (Lipinski definition) is 1. The van der Waals surface area contributed by atoms with Gasteiger partial charge in [-0.15, -0.1) is 0 Å². The quantitative estimate of drug-likeness (QED) is 0.495. The first kappa shape index (κ1) is 16.0. The Balaban J connectivity index is 2.47. The average molecular weight is 338 g/mol. The second-order valence-electron chi connectivity index (χ2n) is 4.30. The topological polar surface area (TPSA) is 80.4 Å². The third-order valence-corrected chi connectivity index (χ3v) is 3.56. The van der Waals surface area contributed by atoms with Crippen LogP contribution in [0.25, 0.3) is 12.2 Å². The lowest BCUT2D eigenvalue weighted by atomic mass is 10.1. The summed E-state index contributed by atoms with van der Waals surface area (Å²) in [5.74, 6) is -1.23. The van der Waals surface area contributed by atoms with Crippen molar-refractivity contribution in [1.82, 2.24) is 0 Å². The van der Waals surface area contributed by atoms with Gasteiger partial charge in [-0.3, -0.25) is 10.1 Å². The molecule has 22 heavy (non-hydrogen) atoms. The normalized spacial score (nSPS) is 10.8. The van der Waals surface area contributed by atoms with Gasteiger partial charge in [-0.1, -0.05) is 35.3 Å². The predicted molar refractivity (Wildman–Crippen MR) is 85.4 cm³/mol. The smallest absolute Gasteiger partial charge is 0.335 e. The Hall–Kier alpha value is -2.37. The highest BCUT2D eigenvalue weighted by molar-refractivity contribution is 6.37. The summed E-state index contributed by atoms with van der Waals surface area (Å²) in [4.78, 5) is 21.3. The highest BCUT2D eigenvalue weighted by Gasteiger charge is 2.15. The van der Waals surface area contributed by atoms with E-state index in [0.29, 0.717) is 15.6 Å². The van der Waals surface area contributed by atoms with Crippen molar-refractivity contribution in [2.45, 2.75) is 0 Å². The van der Waals surface area contributed by atoms with Crippen LogP contribution in [0, 0.1) is 10.1 Å². The molecule has 112 valence electrons. The lowest BCUT2D eigenvalue weighted by Crippen LogP contribution is -1.99. The van der Waals surface area contributed by atoms with Gasteiger partial charge in [0.25, 0.3) is 5.69 Å². The molecule has 0 saturated carbocycles. The first-order chi connectivity index (χ1) is 10.4. The number of carboxylic acids is 1. The van der Waals surface area contributed by atoms with E-state index in [0.717, 1.165) is 6.07 Å². The van der Waals surface area contributed by atoms with E-state index in [1.54, 1.807) is 24.3 Å². The third kappa shape index (κ3) is 3.44. The molecule has 0 aliphatic rings. The molecule has 0 aliphatic carbocycles. The summed E-state index contributed by atoms with van der Waals surface area (Å²) >= 11 is 12.0. The SMILES string of the molecule is O=C(O)c1ccc(/C=C/c2c(Cl)cccc2Cl)c([N+](=O)[O-])c1. The van der Waals surface area contributed by atoms with Crippen LogP contribution < -0.4 is 0 Å². The minimum absolute atomic E-state index is 0.153. The highest BCUT2D eigenvalue weighted by Crippen LogP contribution is 2.28. The highest BCUT2D eigenvalue weighted by atomic mass is 35.5. The number of benzene rings is 2. The molecule has 7 heteroatoms. The monoisotopic (exact) mass is 337 g/mol. The lowest BCUT2D eigenvalue weighted by Gasteiger charge is -2.02. The molecule has 2 aromatic rings. The molecule has 0 spiro atoms. The molecular formula is C15H9Cl2NO4. The van der Waals surface area contributed by atoms with Crippen molar-refractivity contribution in [1.29, 1.82) is 0 Å². The van der Waals surface area contributed by atoms with Crippen LogP contribution in [0.5, 0.6) is 0 Å². The Bertz CT molecular complexity index is 767. The molecule has 0 bridgehead atoms. The molecule has 0 unspecified atom stereocenters. The van der Waals surface area contributed by atoms with Crippen LogP contribution in [0.15, 0.2) is 36.4 Å². The predicted octanol–water partition coefficient (Wildman–Crippen LogP) is 4.77. The van der Waals surface area contributed by atoms with Crippen LogP contribution in [0.2, 0.25) is 10.0 Å². The van der Waals surface area contributed by atoms with E-state index in [2.05, 4.69) is 0 Å². The van der Waals surface area contributed by atoms with E-state index in [1.807, 2.05) is 0 Å². The van der Waals surface area contributed by atoms with Crippen molar-refractivity contribution in [2.24, 2.45) is 0 Å². The van der Waals surface area contributed by atoms with E-state index >= 15 is 0 Å². The van der Waals surface area contributed by atoms with Crippen LogP contribution in [-0.2, 0) is 0 Å². The van der Waals surface area contributed by atoms with E-state index in [-0.39, 0.29) is 16.8 Å². The number of carbonyl (C=O) groups is 1. The van der Waals surface area contributed by atoms with Gasteiger partial charge in [0, 0.05) is 21.7 Å². The molecule has 0 aliphatic heterocycles. The van der Waals surface area contributed by atoms with Crippen molar-refractivity contribution in [3.8, 4) is 0 Å². The van der Waals surface area contributed by atoms with E-state index in [4.69, 9.17) is 28.3 Å². The number of rotatable bonds is 4. The van der Waals surface area contributed by atoms with Crippen molar-refractivity contribution in [3.63, 3.8) is 0 Å². The van der Waals surface area contributed by atoms with Crippen LogP contribution in [0.1, 0.15) is 21.5 Å². The number of carboxylic acid groups (broad SMARTS) is 1. The molecule has 0 fully saturated rings. The summed E-state index contributed by atoms with van der Waals surface area (Å²) in [7, 11) is 0. The molecule has 0 atom stereocenters. The van der Waals surface area contributed by atoms with Crippen LogP contribution >= 0.6 is 23.2 Å². The number of hydrogen-bond acceptors (Lipinski definition) is 3. The second kappa shape index (κ2) is 6.60. The molecule has 1 N–H and O–H groups in total. The fraction of sp³-hybridized carbons (Fsp3) is 0. The van der Waals surface area contributed by atoms with Crippen LogP contribution in [-0.4, -0.2) is 16.0 Å². The van der Waals surface area contributed by atoms with Gasteiger partial charge in [-0.2, -0.15) is 0 Å². The van der Waals surface area contributed by atoms with Gasteiger partial charge in [0.15, 0.2) is 0 Å². The third-order valence-electron chi connectivity index (χ3n) is 2.90. The second-order valence-corrected chi connectivity index (χ2v) is 5.12. The molecule has 0 saturated heterocycles. The fourth-order valence-corrected chi connectivity index (χ4v) is 2.34. The van der Waals surface area contributed by atoms with Gasteiger partial charge in [0.2, 0.25) is 0 Å². The summed E-state index contributed by atoms with van der Waals surface area (Å²) in [5, 5.41) is 20.8. The van der Waals surface area contributed by atoms with Crippen LogP contribution in [0.4, 0.5) is 5.69 Å². The van der Waals surface area contributed by atoms with Gasteiger partial charge in [0.1, 0.15) is 0 Å². The molecule has 0 aromatic heterocycles. The lowest BCUT2D eigenvalue weighted by molar-refractivity contribution is -0.385. The number of aromatic carboxylic acids is 1. The Morgan fingerprint density at radius 1 is 1.14 bits per heavy atom. The van der Waals surface area contributed by atoms with Gasteiger partial charge >= 0.3 is 5.97 Å². The molecule has 0 amide bonds. The van der Waals surface area contributed by atoms with Gasteiger partial charge in [-0.05, 0) is 30.3 Å². The van der Waals surface area contributed by atoms with Crippen molar-refractivity contribution >= 4 is 47.0 Å². The van der Waals surface area contributed by atoms with E-state index in [9.17, 15) is 14.9 Å². The van der Waals surface area contributed by atoms with Crippen molar-refractivity contribution in [2.75, 3.05) is 0 Å². The molecule has 0 heterocycles. The number of nitro benzene ring substituents is 1. The van der Waals surface area contributed by atoms with Gasteiger partial charge < -0.3 is 5.11 Å². The minimum atomic E-state index is -1.23. The van der Waals surface area contributed by atoms with E-state index in [1.165, 1.54) is 18.2 Å². The first-order valence-electron chi connectivity index (χ1n) is 6.04. The largest absolute Gasteiger partial charge is 0.478 e. The summed E-state index contributed by atoms with van der Waals surface area (Å²) in [6, 6.07) is 8.65. The number of halogens is 2. The number of nitrogens with zero attached hydrogens (tertiary/aromatic N) is 1. The van der Waals surface area contributed by atoms with Crippen molar-refractivity contribution < 1.29 is 14.8 Å². The Morgan fingerprint density at radius 2 is 1.77 bits per heavy atom. The Morgan fingerprint density at radius 3 is 2.32 bits per heavy atom. The Kier molecular flexibility index (Phi) is 4.80. The minimum Gasteiger partial charge on any atom is -0.478 e. The fourth-order valence-electron chi connectivity index (χ4n) is 1.82. The maximum Gasteiger partial charge on any atom is 0.335 e. The summed E-state index contributed by atoms with van der Waals surface area (Å²) in [6.07, 6.45) is 3.02. The molecular weight excluding hydrogens is 329 g/mol. The van der Waals surface area contributed by atoms with Gasteiger partial charge in [0.05, 0.1) is 16.1 Å². The maximum atomic E-state index is 11.1. The zero-order chi connectivity index (χ0) is 16.3. The maximum absolute atomic E-state index is 11.1. The van der Waals surface area contributed by atoms with Gasteiger partial charge in [-0.25, -0.2) is 4.79 Å². The average Bonchev–Trinajstić information content (AvgIpc) is 2.46. The molecule has 0 radical (unpaired) electrons.